The number of hydrogen-bond donors (Lipinski definition) is 2. The highest BCUT2D eigenvalue weighted by atomic mass is 16.4. The number of nitrogens with one attached hydrogen (secondary N) is 1. The fraction of sp³-hybridized carbons (Fsp3) is 0.294. The molecule has 1 aliphatic rings. The van der Waals surface area contributed by atoms with E-state index in [0.29, 0.717) is 12.6 Å². The van der Waals surface area contributed by atoms with Crippen molar-refractivity contribution < 1.29 is 9.90 Å². The summed E-state index contributed by atoms with van der Waals surface area (Å²) < 4.78 is 0. The van der Waals surface area contributed by atoms with Crippen molar-refractivity contribution in [3.63, 3.8) is 0 Å². The largest absolute Gasteiger partial charge is 0.477 e. The first-order valence-electron chi connectivity index (χ1n) is 7.24. The Bertz CT molecular complexity index is 655. The van der Waals surface area contributed by atoms with Gasteiger partial charge < -0.3 is 10.4 Å². The van der Waals surface area contributed by atoms with Crippen LogP contribution < -0.4 is 5.32 Å². The van der Waals surface area contributed by atoms with E-state index in [-0.39, 0.29) is 5.69 Å². The molecule has 1 aromatic carbocycles. The van der Waals surface area contributed by atoms with E-state index in [0.717, 1.165) is 18.5 Å². The number of nitrogens with zero attached hydrogens (tertiary/aromatic N) is 1. The molecule has 0 bridgehead atoms. The lowest BCUT2D eigenvalue weighted by atomic mass is 9.88. The topological polar surface area (TPSA) is 62.2 Å². The quantitative estimate of drug-likeness (QED) is 0.905. The van der Waals surface area contributed by atoms with Crippen LogP contribution >= 0.6 is 0 Å². The summed E-state index contributed by atoms with van der Waals surface area (Å²) >= 11 is 0. The number of hydrogen-bond acceptors (Lipinski definition) is 3. The fourth-order valence-electron chi connectivity index (χ4n) is 2.89. The standard InChI is InChI=1S/C17H18N2O2/c20-17(21)16-10-4-7-13(19-16)11-18-15-9-3-6-12-5-1-2-8-14(12)15/h1-2,4-5,7-8,10,15,18H,3,6,9,11H2,(H,20,21). The molecule has 1 heterocycles. The summed E-state index contributed by atoms with van der Waals surface area (Å²) in [5.74, 6) is -0.986. The molecule has 0 fully saturated rings. The number of carbonyl (C=O) groups is 1. The third-order valence-electron chi connectivity index (χ3n) is 3.92. The minimum atomic E-state index is -0.986. The van der Waals surface area contributed by atoms with E-state index in [2.05, 4.69) is 34.6 Å². The molecule has 2 N–H and O–H groups in total. The Morgan fingerprint density at radius 2 is 2.10 bits per heavy atom. The van der Waals surface area contributed by atoms with Crippen LogP contribution in [0.15, 0.2) is 42.5 Å². The second kappa shape index (κ2) is 6.06. The second-order valence-corrected chi connectivity index (χ2v) is 5.34. The fourth-order valence-corrected chi connectivity index (χ4v) is 2.89. The van der Waals surface area contributed by atoms with E-state index in [1.54, 1.807) is 6.07 Å². The molecule has 0 amide bonds. The lowest BCUT2D eigenvalue weighted by molar-refractivity contribution is 0.0690. The Hall–Kier alpha value is -2.20. The molecule has 3 rings (SSSR count). The molecule has 0 saturated heterocycles. The molecular formula is C17H18N2O2. The van der Waals surface area contributed by atoms with Crippen molar-refractivity contribution in [1.82, 2.24) is 10.3 Å². The smallest absolute Gasteiger partial charge is 0.354 e. The lowest BCUT2D eigenvalue weighted by Gasteiger charge is -2.26. The highest BCUT2D eigenvalue weighted by Gasteiger charge is 2.19. The van der Waals surface area contributed by atoms with Crippen LogP contribution in [-0.2, 0) is 13.0 Å². The molecule has 4 nitrogen and oxygen atoms in total. The van der Waals surface area contributed by atoms with E-state index >= 15 is 0 Å². The Morgan fingerprint density at radius 3 is 2.95 bits per heavy atom. The first-order chi connectivity index (χ1) is 10.2. The third kappa shape index (κ3) is 3.11. The van der Waals surface area contributed by atoms with Crippen LogP contribution in [0.4, 0.5) is 0 Å². The van der Waals surface area contributed by atoms with Crippen LogP contribution in [0.3, 0.4) is 0 Å². The summed E-state index contributed by atoms with van der Waals surface area (Å²) in [6.07, 6.45) is 3.42. The number of rotatable bonds is 4. The molecule has 0 spiro atoms. The SMILES string of the molecule is O=C(O)c1cccc(CNC2CCCc3ccccc32)n1. The van der Waals surface area contributed by atoms with Gasteiger partial charge >= 0.3 is 5.97 Å². The van der Waals surface area contributed by atoms with Gasteiger partial charge in [0, 0.05) is 12.6 Å². The molecule has 1 aliphatic carbocycles. The predicted octanol–water partition coefficient (Wildman–Crippen LogP) is 2.95. The van der Waals surface area contributed by atoms with Gasteiger partial charge in [-0.25, -0.2) is 9.78 Å². The average Bonchev–Trinajstić information content (AvgIpc) is 2.53. The maximum Gasteiger partial charge on any atom is 0.354 e. The van der Waals surface area contributed by atoms with Gasteiger partial charge in [0.2, 0.25) is 0 Å². The van der Waals surface area contributed by atoms with E-state index in [4.69, 9.17) is 5.11 Å². The zero-order chi connectivity index (χ0) is 14.7. The molecule has 21 heavy (non-hydrogen) atoms. The molecule has 2 aromatic rings. The van der Waals surface area contributed by atoms with Crippen molar-refractivity contribution >= 4 is 5.97 Å². The molecule has 1 aromatic heterocycles. The van der Waals surface area contributed by atoms with Crippen LogP contribution in [-0.4, -0.2) is 16.1 Å². The van der Waals surface area contributed by atoms with Crippen LogP contribution in [0.5, 0.6) is 0 Å². The summed E-state index contributed by atoms with van der Waals surface area (Å²) in [6, 6.07) is 13.9. The van der Waals surface area contributed by atoms with Crippen LogP contribution in [0.2, 0.25) is 0 Å². The zero-order valence-electron chi connectivity index (χ0n) is 11.7. The summed E-state index contributed by atoms with van der Waals surface area (Å²) in [5, 5.41) is 12.5. The Labute approximate surface area is 123 Å². The number of aromatic nitrogens is 1. The summed E-state index contributed by atoms with van der Waals surface area (Å²) in [5.41, 5.74) is 3.63. The van der Waals surface area contributed by atoms with E-state index in [1.807, 2.05) is 6.07 Å². The van der Waals surface area contributed by atoms with Gasteiger partial charge in [0.15, 0.2) is 0 Å². The van der Waals surface area contributed by atoms with Crippen molar-refractivity contribution in [3.05, 3.63) is 65.0 Å². The van der Waals surface area contributed by atoms with E-state index in [9.17, 15) is 4.79 Å². The van der Waals surface area contributed by atoms with Crippen molar-refractivity contribution in [1.29, 1.82) is 0 Å². The van der Waals surface area contributed by atoms with E-state index < -0.39 is 5.97 Å². The monoisotopic (exact) mass is 282 g/mol. The summed E-state index contributed by atoms with van der Waals surface area (Å²) in [6.45, 7) is 0.583. The molecule has 1 atom stereocenters. The van der Waals surface area contributed by atoms with Crippen LogP contribution in [0, 0.1) is 0 Å². The zero-order valence-corrected chi connectivity index (χ0v) is 11.7. The first kappa shape index (κ1) is 13.8. The average molecular weight is 282 g/mol. The second-order valence-electron chi connectivity index (χ2n) is 5.34. The van der Waals surface area contributed by atoms with Gasteiger partial charge in [-0.2, -0.15) is 0 Å². The lowest BCUT2D eigenvalue weighted by Crippen LogP contribution is -2.25. The van der Waals surface area contributed by atoms with Gasteiger partial charge in [-0.3, -0.25) is 0 Å². The van der Waals surface area contributed by atoms with Gasteiger partial charge in [0.1, 0.15) is 5.69 Å². The highest BCUT2D eigenvalue weighted by molar-refractivity contribution is 5.85. The highest BCUT2D eigenvalue weighted by Crippen LogP contribution is 2.29. The van der Waals surface area contributed by atoms with Gasteiger partial charge in [0.25, 0.3) is 0 Å². The van der Waals surface area contributed by atoms with Gasteiger partial charge in [-0.1, -0.05) is 30.3 Å². The van der Waals surface area contributed by atoms with Gasteiger partial charge in [-0.05, 0) is 42.5 Å². The number of carboxylic acids is 1. The summed E-state index contributed by atoms with van der Waals surface area (Å²) in [7, 11) is 0. The maximum absolute atomic E-state index is 10.9. The van der Waals surface area contributed by atoms with Crippen molar-refractivity contribution in [2.75, 3.05) is 0 Å². The number of fused-ring (bicyclic) bond motifs is 1. The van der Waals surface area contributed by atoms with Crippen LogP contribution in [0.25, 0.3) is 0 Å². The minimum Gasteiger partial charge on any atom is -0.477 e. The molecule has 4 heteroatoms. The normalized spacial score (nSPS) is 17.2. The Kier molecular flexibility index (Phi) is 3.97. The molecule has 108 valence electrons. The number of aromatic carboxylic acids is 1. The summed E-state index contributed by atoms with van der Waals surface area (Å²) in [4.78, 5) is 15.1. The molecule has 0 saturated carbocycles. The molecule has 1 unspecified atom stereocenters. The predicted molar refractivity (Wildman–Crippen MR) is 80.2 cm³/mol. The molecular weight excluding hydrogens is 264 g/mol. The maximum atomic E-state index is 10.9. The molecule has 0 radical (unpaired) electrons. The van der Waals surface area contributed by atoms with Crippen molar-refractivity contribution in [2.45, 2.75) is 31.8 Å². The minimum absolute atomic E-state index is 0.0957. The molecule has 0 aliphatic heterocycles. The Morgan fingerprint density at radius 1 is 1.24 bits per heavy atom. The van der Waals surface area contributed by atoms with Crippen LogP contribution in [0.1, 0.15) is 46.2 Å². The Balaban J connectivity index is 1.71. The van der Waals surface area contributed by atoms with Gasteiger partial charge in [-0.15, -0.1) is 0 Å². The third-order valence-corrected chi connectivity index (χ3v) is 3.92. The van der Waals surface area contributed by atoms with Gasteiger partial charge in [0.05, 0.1) is 5.69 Å². The van der Waals surface area contributed by atoms with E-state index in [1.165, 1.54) is 23.6 Å². The first-order valence-corrected chi connectivity index (χ1v) is 7.24. The van der Waals surface area contributed by atoms with Crippen molar-refractivity contribution in [2.24, 2.45) is 0 Å². The number of benzene rings is 1. The number of pyridine rings is 1. The number of carboxylic acid groups (broad SMARTS) is 1. The number of aryl methyl sites for hydroxylation is 1. The van der Waals surface area contributed by atoms with Crippen molar-refractivity contribution in [3.8, 4) is 0 Å².